The number of amides is 1. The lowest BCUT2D eigenvalue weighted by Gasteiger charge is -2.29. The molecular weight excluding hydrogens is 274 g/mol. The quantitative estimate of drug-likeness (QED) is 0.764. The summed E-state index contributed by atoms with van der Waals surface area (Å²) < 4.78 is 1.23. The highest BCUT2D eigenvalue weighted by molar-refractivity contribution is 5.84. The Morgan fingerprint density at radius 1 is 1.38 bits per heavy atom. The summed E-state index contributed by atoms with van der Waals surface area (Å²) in [7, 11) is 0. The molecule has 0 aromatic carbocycles. The summed E-state index contributed by atoms with van der Waals surface area (Å²) in [4.78, 5) is 24.9. The van der Waals surface area contributed by atoms with E-state index in [9.17, 15) is 9.59 Å². The van der Waals surface area contributed by atoms with Crippen LogP contribution in [0.5, 0.6) is 0 Å². The van der Waals surface area contributed by atoms with E-state index in [4.69, 9.17) is 5.11 Å². The highest BCUT2D eigenvalue weighted by Crippen LogP contribution is 2.08. The van der Waals surface area contributed by atoms with Gasteiger partial charge in [0.05, 0.1) is 6.20 Å². The molecular formula is C13H21N5O3. The molecule has 0 bridgehead atoms. The molecule has 1 aromatic rings. The van der Waals surface area contributed by atoms with E-state index in [2.05, 4.69) is 20.5 Å². The molecule has 0 aliphatic carbocycles. The van der Waals surface area contributed by atoms with Crippen molar-refractivity contribution in [1.82, 2.24) is 25.2 Å². The van der Waals surface area contributed by atoms with Crippen LogP contribution in [0.1, 0.15) is 36.7 Å². The van der Waals surface area contributed by atoms with Crippen LogP contribution in [0.3, 0.4) is 0 Å². The van der Waals surface area contributed by atoms with Gasteiger partial charge in [-0.05, 0) is 32.9 Å². The number of carboxylic acids is 1. The zero-order chi connectivity index (χ0) is 15.2. The molecule has 116 valence electrons. The molecule has 1 aliphatic rings. The van der Waals surface area contributed by atoms with E-state index in [1.54, 1.807) is 0 Å². The van der Waals surface area contributed by atoms with Gasteiger partial charge < -0.3 is 15.3 Å². The molecule has 21 heavy (non-hydrogen) atoms. The molecule has 1 atom stereocenters. The number of piperidine rings is 1. The second-order valence-electron chi connectivity index (χ2n) is 5.44. The molecule has 1 saturated heterocycles. The highest BCUT2D eigenvalue weighted by Gasteiger charge is 2.16. The topological polar surface area (TPSA) is 100 Å². The largest absolute Gasteiger partial charge is 0.476 e. The van der Waals surface area contributed by atoms with Gasteiger partial charge in [-0.3, -0.25) is 4.79 Å². The van der Waals surface area contributed by atoms with E-state index in [1.807, 2.05) is 6.92 Å². The Morgan fingerprint density at radius 2 is 2.10 bits per heavy atom. The van der Waals surface area contributed by atoms with Gasteiger partial charge in [-0.15, -0.1) is 5.10 Å². The summed E-state index contributed by atoms with van der Waals surface area (Å²) in [6.07, 6.45) is 4.97. The standard InChI is InChI=1S/C13H21N5O3/c1-10(7-17-5-3-2-4-6-17)14-12(19)9-18-8-11(13(20)21)15-16-18/h8,10H,2-7,9H2,1H3,(H,14,19)(H,20,21). The van der Waals surface area contributed by atoms with Crippen LogP contribution in [0, 0.1) is 0 Å². The van der Waals surface area contributed by atoms with Crippen LogP contribution in [0.4, 0.5) is 0 Å². The zero-order valence-electron chi connectivity index (χ0n) is 12.2. The zero-order valence-corrected chi connectivity index (χ0v) is 12.2. The predicted molar refractivity (Wildman–Crippen MR) is 74.9 cm³/mol. The van der Waals surface area contributed by atoms with Gasteiger partial charge in [-0.1, -0.05) is 11.6 Å². The van der Waals surface area contributed by atoms with Gasteiger partial charge >= 0.3 is 5.97 Å². The van der Waals surface area contributed by atoms with Gasteiger partial charge in [0.25, 0.3) is 0 Å². The third-order valence-electron chi connectivity index (χ3n) is 3.45. The summed E-state index contributed by atoms with van der Waals surface area (Å²) >= 11 is 0. The number of nitrogens with zero attached hydrogens (tertiary/aromatic N) is 4. The third-order valence-corrected chi connectivity index (χ3v) is 3.45. The van der Waals surface area contributed by atoms with Crippen LogP contribution in [-0.4, -0.2) is 62.6 Å². The van der Waals surface area contributed by atoms with Crippen molar-refractivity contribution in [2.24, 2.45) is 0 Å². The predicted octanol–water partition coefficient (Wildman–Crippen LogP) is -0.0331. The molecule has 8 nitrogen and oxygen atoms in total. The lowest BCUT2D eigenvalue weighted by Crippen LogP contribution is -2.44. The van der Waals surface area contributed by atoms with Crippen molar-refractivity contribution in [2.45, 2.75) is 38.8 Å². The maximum absolute atomic E-state index is 11.9. The molecule has 1 amide bonds. The molecule has 1 aliphatic heterocycles. The molecule has 1 aromatic heterocycles. The first-order valence-electron chi connectivity index (χ1n) is 7.20. The average Bonchev–Trinajstić information content (AvgIpc) is 2.88. The van der Waals surface area contributed by atoms with Gasteiger partial charge in [0.1, 0.15) is 6.54 Å². The monoisotopic (exact) mass is 295 g/mol. The van der Waals surface area contributed by atoms with Crippen molar-refractivity contribution in [3.63, 3.8) is 0 Å². The van der Waals surface area contributed by atoms with Crippen LogP contribution in [-0.2, 0) is 11.3 Å². The molecule has 2 N–H and O–H groups in total. The Kier molecular flexibility index (Phi) is 5.26. The van der Waals surface area contributed by atoms with Crippen molar-refractivity contribution in [2.75, 3.05) is 19.6 Å². The SMILES string of the molecule is CC(CN1CCCCC1)NC(=O)Cn1cc(C(=O)O)nn1. The minimum absolute atomic E-state index is 0.0232. The molecule has 0 radical (unpaired) electrons. The van der Waals surface area contributed by atoms with Crippen molar-refractivity contribution < 1.29 is 14.7 Å². The summed E-state index contributed by atoms with van der Waals surface area (Å²) in [5, 5.41) is 18.7. The van der Waals surface area contributed by atoms with Crippen molar-refractivity contribution in [3.8, 4) is 0 Å². The van der Waals surface area contributed by atoms with Crippen molar-refractivity contribution in [1.29, 1.82) is 0 Å². The number of hydrogen-bond acceptors (Lipinski definition) is 5. The van der Waals surface area contributed by atoms with E-state index in [1.165, 1.54) is 30.1 Å². The number of likely N-dealkylation sites (tertiary alicyclic amines) is 1. The van der Waals surface area contributed by atoms with Crippen LogP contribution < -0.4 is 5.32 Å². The molecule has 0 saturated carbocycles. The number of carbonyl (C=O) groups is 2. The highest BCUT2D eigenvalue weighted by atomic mass is 16.4. The number of aromatic nitrogens is 3. The fraction of sp³-hybridized carbons (Fsp3) is 0.692. The van der Waals surface area contributed by atoms with Gasteiger partial charge in [0, 0.05) is 12.6 Å². The molecule has 2 rings (SSSR count). The number of rotatable bonds is 6. The second-order valence-corrected chi connectivity index (χ2v) is 5.44. The summed E-state index contributed by atoms with van der Waals surface area (Å²) in [6.45, 7) is 4.96. The maximum Gasteiger partial charge on any atom is 0.358 e. The molecule has 0 spiro atoms. The van der Waals surface area contributed by atoms with Gasteiger partial charge in [0.15, 0.2) is 5.69 Å². The first kappa shape index (κ1) is 15.4. The number of nitrogens with one attached hydrogen (secondary N) is 1. The fourth-order valence-corrected chi connectivity index (χ4v) is 2.52. The Bertz CT molecular complexity index is 496. The molecule has 8 heteroatoms. The van der Waals surface area contributed by atoms with E-state index in [0.717, 1.165) is 19.6 Å². The molecule has 1 unspecified atom stereocenters. The lowest BCUT2D eigenvalue weighted by molar-refractivity contribution is -0.122. The number of carboxylic acid groups (broad SMARTS) is 1. The normalized spacial score (nSPS) is 17.4. The van der Waals surface area contributed by atoms with Gasteiger partial charge in [0.2, 0.25) is 5.91 Å². The average molecular weight is 295 g/mol. The van der Waals surface area contributed by atoms with E-state index >= 15 is 0 Å². The number of aromatic carboxylic acids is 1. The minimum Gasteiger partial charge on any atom is -0.476 e. The van der Waals surface area contributed by atoms with E-state index < -0.39 is 5.97 Å². The van der Waals surface area contributed by atoms with E-state index in [-0.39, 0.29) is 24.2 Å². The van der Waals surface area contributed by atoms with Crippen LogP contribution >= 0.6 is 0 Å². The Morgan fingerprint density at radius 3 is 2.71 bits per heavy atom. The van der Waals surface area contributed by atoms with Gasteiger partial charge in [-0.25, -0.2) is 9.48 Å². The molecule has 1 fully saturated rings. The maximum atomic E-state index is 11.9. The summed E-state index contributed by atoms with van der Waals surface area (Å²) in [5.74, 6) is -1.35. The summed E-state index contributed by atoms with van der Waals surface area (Å²) in [6, 6.07) is 0.0538. The van der Waals surface area contributed by atoms with Crippen LogP contribution in [0.25, 0.3) is 0 Å². The lowest BCUT2D eigenvalue weighted by atomic mass is 10.1. The second kappa shape index (κ2) is 7.16. The first-order valence-corrected chi connectivity index (χ1v) is 7.20. The Labute approximate surface area is 123 Å². The van der Waals surface area contributed by atoms with Gasteiger partial charge in [-0.2, -0.15) is 0 Å². The number of carbonyl (C=O) groups excluding carboxylic acids is 1. The van der Waals surface area contributed by atoms with Crippen molar-refractivity contribution >= 4 is 11.9 Å². The minimum atomic E-state index is -1.15. The molecule has 2 heterocycles. The third kappa shape index (κ3) is 4.82. The smallest absolute Gasteiger partial charge is 0.358 e. The Balaban J connectivity index is 1.76. The Hall–Kier alpha value is -1.96. The van der Waals surface area contributed by atoms with Crippen LogP contribution in [0.15, 0.2) is 6.20 Å². The number of hydrogen-bond donors (Lipinski definition) is 2. The van der Waals surface area contributed by atoms with Crippen LogP contribution in [0.2, 0.25) is 0 Å². The van der Waals surface area contributed by atoms with Crippen molar-refractivity contribution in [3.05, 3.63) is 11.9 Å². The first-order chi connectivity index (χ1) is 10.0. The fourth-order valence-electron chi connectivity index (χ4n) is 2.52. The summed E-state index contributed by atoms with van der Waals surface area (Å²) in [5.41, 5.74) is -0.163. The van der Waals surface area contributed by atoms with E-state index in [0.29, 0.717) is 0 Å².